The van der Waals surface area contributed by atoms with Crippen LogP contribution in [-0.2, 0) is 17.7 Å². The first kappa shape index (κ1) is 14.2. The van der Waals surface area contributed by atoms with Crippen LogP contribution in [0.25, 0.3) is 0 Å². The maximum absolute atomic E-state index is 5.67. The van der Waals surface area contributed by atoms with Crippen LogP contribution in [0.1, 0.15) is 36.5 Å². The molecule has 3 rings (SSSR count). The highest BCUT2D eigenvalue weighted by Crippen LogP contribution is 2.12. The molecule has 0 bridgehead atoms. The molecule has 0 amide bonds. The highest BCUT2D eigenvalue weighted by molar-refractivity contribution is 5.18. The smallest absolute Gasteiger partial charge is 0.240 e. The van der Waals surface area contributed by atoms with Gasteiger partial charge in [0.1, 0.15) is 0 Å². The highest BCUT2D eigenvalue weighted by atomic mass is 16.5. The Labute approximate surface area is 124 Å². The lowest BCUT2D eigenvalue weighted by Crippen LogP contribution is -2.31. The Kier molecular flexibility index (Phi) is 4.97. The van der Waals surface area contributed by atoms with Crippen molar-refractivity contribution in [1.29, 1.82) is 0 Å². The van der Waals surface area contributed by atoms with Crippen molar-refractivity contribution in [2.75, 3.05) is 13.2 Å². The van der Waals surface area contributed by atoms with E-state index in [1.165, 1.54) is 18.4 Å². The summed E-state index contributed by atoms with van der Waals surface area (Å²) in [7, 11) is 0. The van der Waals surface area contributed by atoms with Gasteiger partial charge in [0, 0.05) is 19.6 Å². The van der Waals surface area contributed by atoms with Crippen LogP contribution in [0.3, 0.4) is 0 Å². The monoisotopic (exact) mass is 287 g/mol. The van der Waals surface area contributed by atoms with Crippen LogP contribution in [-0.4, -0.2) is 29.4 Å². The molecule has 1 atom stereocenters. The van der Waals surface area contributed by atoms with Crippen molar-refractivity contribution in [2.45, 2.75) is 38.3 Å². The molecule has 1 fully saturated rings. The van der Waals surface area contributed by atoms with E-state index in [1.807, 2.05) is 18.2 Å². The van der Waals surface area contributed by atoms with Gasteiger partial charge in [-0.1, -0.05) is 35.5 Å². The third-order valence-corrected chi connectivity index (χ3v) is 3.64. The van der Waals surface area contributed by atoms with E-state index in [-0.39, 0.29) is 0 Å². The molecule has 2 heterocycles. The van der Waals surface area contributed by atoms with Crippen LogP contribution in [0.5, 0.6) is 0 Å². The molecule has 1 aliphatic heterocycles. The lowest BCUT2D eigenvalue weighted by molar-refractivity contribution is 0.0164. The van der Waals surface area contributed by atoms with E-state index in [0.29, 0.717) is 25.0 Å². The number of hydrogen-bond donors (Lipinski definition) is 1. The van der Waals surface area contributed by atoms with Crippen LogP contribution in [0, 0.1) is 0 Å². The molecule has 5 nitrogen and oxygen atoms in total. The van der Waals surface area contributed by atoms with Gasteiger partial charge in [0.05, 0.1) is 12.6 Å². The molecule has 0 saturated carbocycles. The fraction of sp³-hybridized carbons (Fsp3) is 0.500. The van der Waals surface area contributed by atoms with Crippen molar-refractivity contribution in [3.63, 3.8) is 0 Å². The van der Waals surface area contributed by atoms with E-state index < -0.39 is 0 Å². The zero-order valence-corrected chi connectivity index (χ0v) is 12.1. The van der Waals surface area contributed by atoms with Gasteiger partial charge in [0.25, 0.3) is 0 Å². The molecule has 0 spiro atoms. The predicted octanol–water partition coefficient (Wildman–Crippen LogP) is 2.32. The van der Waals surface area contributed by atoms with Crippen LogP contribution in [0.2, 0.25) is 0 Å². The lowest BCUT2D eigenvalue weighted by Gasteiger charge is -2.22. The number of nitrogens with one attached hydrogen (secondary N) is 1. The minimum absolute atomic E-state index is 0.325. The maximum atomic E-state index is 5.67. The Hall–Kier alpha value is -1.72. The Morgan fingerprint density at radius 3 is 2.90 bits per heavy atom. The molecule has 1 N–H and O–H groups in total. The average Bonchev–Trinajstić information content (AvgIpc) is 2.97. The molecule has 0 aliphatic carbocycles. The van der Waals surface area contributed by atoms with Crippen molar-refractivity contribution in [3.8, 4) is 0 Å². The SMILES string of the molecule is c1ccc(Cc2noc(CNCC3CCCCO3)n2)cc1. The van der Waals surface area contributed by atoms with Gasteiger partial charge in [-0.2, -0.15) is 4.98 Å². The molecule has 1 aromatic heterocycles. The van der Waals surface area contributed by atoms with Crippen molar-refractivity contribution >= 4 is 0 Å². The molecule has 1 saturated heterocycles. The fourth-order valence-corrected chi connectivity index (χ4v) is 2.52. The first-order valence-electron chi connectivity index (χ1n) is 7.58. The molecule has 21 heavy (non-hydrogen) atoms. The number of hydrogen-bond acceptors (Lipinski definition) is 5. The fourth-order valence-electron chi connectivity index (χ4n) is 2.52. The van der Waals surface area contributed by atoms with Gasteiger partial charge in [-0.25, -0.2) is 0 Å². The van der Waals surface area contributed by atoms with E-state index in [9.17, 15) is 0 Å². The Morgan fingerprint density at radius 2 is 2.10 bits per heavy atom. The Balaban J connectivity index is 1.44. The molecule has 1 aromatic carbocycles. The Bertz CT molecular complexity index is 535. The number of nitrogens with zero attached hydrogens (tertiary/aromatic N) is 2. The molecular weight excluding hydrogens is 266 g/mol. The largest absolute Gasteiger partial charge is 0.377 e. The summed E-state index contributed by atoms with van der Waals surface area (Å²) in [5, 5.41) is 7.35. The number of aromatic nitrogens is 2. The molecular formula is C16H21N3O2. The number of ether oxygens (including phenoxy) is 1. The van der Waals surface area contributed by atoms with Crippen molar-refractivity contribution in [1.82, 2.24) is 15.5 Å². The standard InChI is InChI=1S/C16H21N3O2/c1-2-6-13(7-3-1)10-15-18-16(21-19-15)12-17-11-14-8-4-5-9-20-14/h1-3,6-7,14,17H,4-5,8-12H2. The predicted molar refractivity (Wildman–Crippen MR) is 78.8 cm³/mol. The van der Waals surface area contributed by atoms with Crippen LogP contribution in [0.15, 0.2) is 34.9 Å². The summed E-state index contributed by atoms with van der Waals surface area (Å²) in [6.07, 6.45) is 4.61. The van der Waals surface area contributed by atoms with Gasteiger partial charge in [0.2, 0.25) is 5.89 Å². The normalized spacial score (nSPS) is 18.8. The van der Waals surface area contributed by atoms with Crippen LogP contribution < -0.4 is 5.32 Å². The zero-order chi connectivity index (χ0) is 14.3. The molecule has 112 valence electrons. The van der Waals surface area contributed by atoms with Crippen molar-refractivity contribution < 1.29 is 9.26 Å². The van der Waals surface area contributed by atoms with Crippen molar-refractivity contribution in [2.24, 2.45) is 0 Å². The van der Waals surface area contributed by atoms with Gasteiger partial charge in [0.15, 0.2) is 5.82 Å². The minimum atomic E-state index is 0.325. The summed E-state index contributed by atoms with van der Waals surface area (Å²) in [5.41, 5.74) is 1.19. The lowest BCUT2D eigenvalue weighted by atomic mass is 10.1. The first-order valence-corrected chi connectivity index (χ1v) is 7.58. The molecule has 2 aromatic rings. The Morgan fingerprint density at radius 1 is 1.19 bits per heavy atom. The topological polar surface area (TPSA) is 60.2 Å². The molecule has 5 heteroatoms. The first-order chi connectivity index (χ1) is 10.4. The second-order valence-electron chi connectivity index (χ2n) is 5.39. The third kappa shape index (κ3) is 4.37. The number of rotatable bonds is 6. The maximum Gasteiger partial charge on any atom is 0.240 e. The summed E-state index contributed by atoms with van der Waals surface area (Å²) < 4.78 is 10.9. The van der Waals surface area contributed by atoms with E-state index in [1.54, 1.807) is 0 Å². The molecule has 1 unspecified atom stereocenters. The van der Waals surface area contributed by atoms with E-state index in [4.69, 9.17) is 9.26 Å². The van der Waals surface area contributed by atoms with Gasteiger partial charge in [-0.15, -0.1) is 0 Å². The van der Waals surface area contributed by atoms with Gasteiger partial charge in [-0.05, 0) is 24.8 Å². The molecule has 0 radical (unpaired) electrons. The minimum Gasteiger partial charge on any atom is -0.377 e. The third-order valence-electron chi connectivity index (χ3n) is 3.64. The second kappa shape index (κ2) is 7.33. The van der Waals surface area contributed by atoms with Gasteiger partial charge >= 0.3 is 0 Å². The van der Waals surface area contributed by atoms with Crippen molar-refractivity contribution in [3.05, 3.63) is 47.6 Å². The second-order valence-corrected chi connectivity index (χ2v) is 5.39. The van der Waals surface area contributed by atoms with Crippen LogP contribution >= 0.6 is 0 Å². The summed E-state index contributed by atoms with van der Waals surface area (Å²) in [4.78, 5) is 4.41. The average molecular weight is 287 g/mol. The summed E-state index contributed by atoms with van der Waals surface area (Å²) >= 11 is 0. The van der Waals surface area contributed by atoms with E-state index >= 15 is 0 Å². The summed E-state index contributed by atoms with van der Waals surface area (Å²) in [5.74, 6) is 1.36. The zero-order valence-electron chi connectivity index (χ0n) is 12.1. The van der Waals surface area contributed by atoms with Gasteiger partial charge < -0.3 is 14.6 Å². The quantitative estimate of drug-likeness (QED) is 0.883. The van der Waals surface area contributed by atoms with Crippen LogP contribution in [0.4, 0.5) is 0 Å². The summed E-state index contributed by atoms with van der Waals surface area (Å²) in [6, 6.07) is 10.2. The number of benzene rings is 1. The highest BCUT2D eigenvalue weighted by Gasteiger charge is 2.14. The van der Waals surface area contributed by atoms with E-state index in [0.717, 1.165) is 25.4 Å². The molecule has 1 aliphatic rings. The summed E-state index contributed by atoms with van der Waals surface area (Å²) in [6.45, 7) is 2.33. The van der Waals surface area contributed by atoms with E-state index in [2.05, 4.69) is 27.6 Å². The van der Waals surface area contributed by atoms with Gasteiger partial charge in [-0.3, -0.25) is 0 Å².